The van der Waals surface area contributed by atoms with Crippen molar-refractivity contribution in [3.63, 3.8) is 0 Å². The average molecular weight is 1590 g/mol. The zero-order valence-electron chi connectivity index (χ0n) is 62.7. The lowest BCUT2D eigenvalue weighted by atomic mass is 9.83. The van der Waals surface area contributed by atoms with E-state index in [1.807, 2.05) is 0 Å². The zero-order valence-corrected chi connectivity index (χ0v) is 64.3. The summed E-state index contributed by atoms with van der Waals surface area (Å²) < 4.78 is 0. The highest BCUT2D eigenvalue weighted by molar-refractivity contribution is 8.76. The van der Waals surface area contributed by atoms with Crippen LogP contribution in [0.4, 0.5) is 0 Å². The molecular weight excluding hydrogens is 1470 g/mol. The molecule has 0 radical (unpaired) electrons. The van der Waals surface area contributed by atoms with Gasteiger partial charge in [0.15, 0.2) is 23.8 Å². The Hall–Kier alpha value is -10.5. The number of carbonyl (C=O) groups is 14. The molecule has 0 aromatic heterocycles. The third-order valence-corrected chi connectivity index (χ3v) is 20.4. The topological polar surface area (TPSA) is 713 Å². The predicted molar refractivity (Wildman–Crippen MR) is 415 cm³/mol. The van der Waals surface area contributed by atoms with Crippen LogP contribution in [0.25, 0.3) is 0 Å². The molecule has 1 aromatic rings. The van der Waals surface area contributed by atoms with Crippen molar-refractivity contribution in [2.45, 2.75) is 203 Å². The van der Waals surface area contributed by atoms with Crippen LogP contribution in [-0.4, -0.2) is 229 Å². The Bertz CT molecular complexity index is 3370. The van der Waals surface area contributed by atoms with Crippen LogP contribution in [0, 0.1) is 17.8 Å². The molecule has 33 N–H and O–H groups in total. The van der Waals surface area contributed by atoms with E-state index in [-0.39, 0.29) is 132 Å². The zero-order chi connectivity index (χ0) is 82.0. The highest BCUT2D eigenvalue weighted by Gasteiger charge is 2.39. The Kier molecular flexibility index (Phi) is 42.9. The maximum atomic E-state index is 14.9. The highest BCUT2D eigenvalue weighted by atomic mass is 33.1. The molecule has 43 heteroatoms. The van der Waals surface area contributed by atoms with Crippen molar-refractivity contribution in [2.75, 3.05) is 50.8 Å². The van der Waals surface area contributed by atoms with Gasteiger partial charge in [-0.05, 0) is 87.5 Å². The molecular formula is C67H114N26O15S2. The van der Waals surface area contributed by atoms with Crippen molar-refractivity contribution in [1.29, 1.82) is 0 Å². The Morgan fingerprint density at radius 3 is 1.42 bits per heavy atom. The second-order valence-corrected chi connectivity index (χ2v) is 29.3. The Morgan fingerprint density at radius 1 is 0.500 bits per heavy atom. The molecule has 1 aromatic carbocycles. The van der Waals surface area contributed by atoms with E-state index >= 15 is 0 Å². The van der Waals surface area contributed by atoms with Crippen LogP contribution < -0.4 is 121 Å². The monoisotopic (exact) mass is 1590 g/mol. The van der Waals surface area contributed by atoms with Crippen LogP contribution >= 0.6 is 21.6 Å². The standard InChI is InChI=1S/C67H114N26O15S2/c1-5-35(3)50-62(107)87-43(29-37-17-9-7-10-18-37)58(103)85-41(23-15-27-80-66(74)75)55(100)89-45(53(69)98)33-109-110-34-46(90-54(99)39(68)21-13-25-78-64(70)71)60(105)93-52(38-19-11-8-12-20-38)61(106)83-31-47(94)82-32-48(95)84-40(22-14-26-79-65(72)73)56(101)91-51(36(4)6-2)63(108)88-44(30-49(96)97)59(104)86-42(57(102)92-50)24-16-28-81-67(76)77/h7,9-10,17-18,35-36,38-46,50-52H,5-6,8,11-16,19-34,68H2,1-4H3,(H2,69,98)(H,82,94)(H,83,106)(H,84,95)(H,85,103)(H,86,104)(H,87,107)(H,88,108)(H,89,100)(H,90,99)(H,91,101)(H,92,102)(H,93,105)(H,96,97)(H4,70,71,78)(H4,72,73,79)(H4,74,75,80)(H4,76,77,81)/t35-,36-,39+,40+,41+,42-,43-,44+,45+,46+,50+,51-,52+/m0/s1. The summed E-state index contributed by atoms with van der Waals surface area (Å²) >= 11 is 0. The van der Waals surface area contributed by atoms with Crippen molar-refractivity contribution in [2.24, 2.45) is 95.1 Å². The lowest BCUT2D eigenvalue weighted by Gasteiger charge is -2.31. The van der Waals surface area contributed by atoms with Gasteiger partial charge in [0, 0.05) is 44.1 Å². The summed E-state index contributed by atoms with van der Waals surface area (Å²) in [6.07, 6.45) is 2.06. The third-order valence-electron chi connectivity index (χ3n) is 18.0. The number of hydrogen-bond donors (Lipinski definition) is 23. The number of carboxylic acid groups (broad SMARTS) is 1. The van der Waals surface area contributed by atoms with E-state index < -0.39 is 186 Å². The fourth-order valence-corrected chi connectivity index (χ4v) is 13.8. The summed E-state index contributed by atoms with van der Waals surface area (Å²) in [5.41, 5.74) is 57.1. The van der Waals surface area contributed by atoms with Crippen molar-refractivity contribution < 1.29 is 72.2 Å². The van der Waals surface area contributed by atoms with Crippen molar-refractivity contribution in [3.05, 3.63) is 35.9 Å². The van der Waals surface area contributed by atoms with Gasteiger partial charge in [-0.3, -0.25) is 87.1 Å². The van der Waals surface area contributed by atoms with Gasteiger partial charge in [0.05, 0.1) is 25.6 Å². The second-order valence-electron chi connectivity index (χ2n) is 26.8. The van der Waals surface area contributed by atoms with Crippen molar-refractivity contribution in [3.8, 4) is 0 Å². The number of nitrogens with one attached hydrogen (secondary N) is 12. The van der Waals surface area contributed by atoms with Crippen molar-refractivity contribution in [1.82, 2.24) is 63.8 Å². The quantitative estimate of drug-likeness (QED) is 0.0160. The molecule has 13 atom stereocenters. The Balaban J connectivity index is 2.28. The van der Waals surface area contributed by atoms with Crippen molar-refractivity contribution >= 4 is 128 Å². The molecule has 0 bridgehead atoms. The highest BCUT2D eigenvalue weighted by Crippen LogP contribution is 2.28. The molecule has 1 saturated carbocycles. The largest absolute Gasteiger partial charge is 0.481 e. The number of aliphatic carboxylic acids is 1. The van der Waals surface area contributed by atoms with Gasteiger partial charge in [-0.1, -0.05) is 112 Å². The van der Waals surface area contributed by atoms with E-state index in [1.54, 1.807) is 58.0 Å². The number of rotatable bonds is 28. The summed E-state index contributed by atoms with van der Waals surface area (Å²) in [7, 11) is 1.89. The predicted octanol–water partition coefficient (Wildman–Crippen LogP) is -7.12. The minimum absolute atomic E-state index is 0.00935. The van der Waals surface area contributed by atoms with E-state index in [0.717, 1.165) is 28.0 Å². The molecule has 110 heavy (non-hydrogen) atoms. The lowest BCUT2D eigenvalue weighted by molar-refractivity contribution is -0.142. The number of primary amides is 1. The molecule has 13 amide bonds. The summed E-state index contributed by atoms with van der Waals surface area (Å²) in [4.78, 5) is 214. The van der Waals surface area contributed by atoms with Gasteiger partial charge < -0.3 is 126 Å². The normalized spacial score (nSPS) is 23.7. The number of carboxylic acids is 1. The summed E-state index contributed by atoms with van der Waals surface area (Å²) in [6, 6.07) is -8.14. The smallest absolute Gasteiger partial charge is 0.305 e. The minimum atomic E-state index is -1.96. The van der Waals surface area contributed by atoms with Crippen LogP contribution in [0.15, 0.2) is 50.3 Å². The number of nitrogens with zero attached hydrogens (tertiary/aromatic N) is 4. The first kappa shape index (κ1) is 93.7. The molecule has 1 aliphatic heterocycles. The van der Waals surface area contributed by atoms with Gasteiger partial charge in [0.2, 0.25) is 76.8 Å². The van der Waals surface area contributed by atoms with Gasteiger partial charge in [-0.15, -0.1) is 0 Å². The fraction of sp³-hybridized carbons (Fsp3) is 0.642. The molecule has 2 aliphatic rings. The van der Waals surface area contributed by atoms with Gasteiger partial charge in [-0.25, -0.2) is 0 Å². The maximum Gasteiger partial charge on any atom is 0.305 e. The summed E-state index contributed by atoms with van der Waals surface area (Å²) in [6.45, 7) is 4.99. The molecule has 1 heterocycles. The van der Waals surface area contributed by atoms with Gasteiger partial charge in [0.25, 0.3) is 0 Å². The van der Waals surface area contributed by atoms with E-state index in [1.165, 1.54) is 0 Å². The van der Waals surface area contributed by atoms with E-state index in [9.17, 15) is 72.2 Å². The minimum Gasteiger partial charge on any atom is -0.481 e. The molecule has 1 aliphatic carbocycles. The molecule has 1 saturated heterocycles. The van der Waals surface area contributed by atoms with Crippen LogP contribution in [0.2, 0.25) is 0 Å². The number of aliphatic imine (C=N–C) groups is 4. The Labute approximate surface area is 646 Å². The first-order chi connectivity index (χ1) is 52.1. The number of hydrogen-bond acceptors (Lipinski definition) is 21. The molecule has 0 spiro atoms. The van der Waals surface area contributed by atoms with E-state index in [2.05, 4.69) is 83.8 Å². The molecule has 0 unspecified atom stereocenters. The molecule has 41 nitrogen and oxygen atoms in total. The third kappa shape index (κ3) is 36.2. The molecule has 2 fully saturated rings. The van der Waals surface area contributed by atoms with Gasteiger partial charge in [-0.2, -0.15) is 0 Å². The SMILES string of the molecule is CC[C@H](C)[C@@H]1NC(=O)[C@@H](CCCN=C(N)N)NC(=O)CNC(=O)CNC(=O)[C@@H](C2CCCCC2)NC(=O)[C@H](NC(=O)[C@H](N)CCCN=C(N)N)CSSC[C@H](C(N)=O)NC(=O)[C@@H](CCCN=C(N)N)NC(=O)[C@H](Cc2ccccc2)NC(=O)[C@@H]([C@@H](C)CC)NC(=O)[C@H](CCCN=C(N)N)NC(=O)[C@@H](CC(=O)O)NC1=O. The van der Waals surface area contributed by atoms with E-state index in [4.69, 9.17) is 57.3 Å². The van der Waals surface area contributed by atoms with Crippen LogP contribution in [0.1, 0.15) is 136 Å². The number of carbonyl (C=O) groups excluding carboxylic acids is 13. The first-order valence-corrected chi connectivity index (χ1v) is 39.0. The lowest BCUT2D eigenvalue weighted by Crippen LogP contribution is -2.62. The maximum absolute atomic E-state index is 14.9. The number of nitrogens with two attached hydrogens (primary N) is 10. The second kappa shape index (κ2) is 50.3. The number of benzene rings is 1. The van der Waals surface area contributed by atoms with Gasteiger partial charge >= 0.3 is 5.97 Å². The molecule has 614 valence electrons. The Morgan fingerprint density at radius 2 is 0.936 bits per heavy atom. The first-order valence-electron chi connectivity index (χ1n) is 36.5. The van der Waals surface area contributed by atoms with Crippen LogP contribution in [-0.2, 0) is 73.5 Å². The molecule has 3 rings (SSSR count). The summed E-state index contributed by atoms with van der Waals surface area (Å²) in [5.74, 6) is -17.5. The average Bonchev–Trinajstić information content (AvgIpc) is 0.853. The fourth-order valence-electron chi connectivity index (χ4n) is 11.4. The van der Waals surface area contributed by atoms with Gasteiger partial charge in [0.1, 0.15) is 60.4 Å². The number of amides is 13. The van der Waals surface area contributed by atoms with Crippen LogP contribution in [0.5, 0.6) is 0 Å². The van der Waals surface area contributed by atoms with E-state index in [0.29, 0.717) is 31.2 Å². The number of guanidine groups is 4. The summed E-state index contributed by atoms with van der Waals surface area (Å²) in [5, 5.41) is 41.1. The van der Waals surface area contributed by atoms with Crippen LogP contribution in [0.3, 0.4) is 0 Å².